The number of benzene rings is 2. The Labute approximate surface area is 183 Å². The minimum absolute atomic E-state index is 0.0532. The van der Waals surface area contributed by atoms with Gasteiger partial charge in [0.25, 0.3) is 5.91 Å². The first-order chi connectivity index (χ1) is 14.8. The van der Waals surface area contributed by atoms with Crippen molar-refractivity contribution >= 4 is 21.9 Å². The molecule has 1 amide bonds. The minimum atomic E-state index is -3.68. The van der Waals surface area contributed by atoms with Gasteiger partial charge in [-0.25, -0.2) is 13.2 Å². The van der Waals surface area contributed by atoms with Gasteiger partial charge in [-0.15, -0.1) is 0 Å². The molecule has 0 aromatic heterocycles. The lowest BCUT2D eigenvalue weighted by molar-refractivity contribution is -0.125. The molecule has 0 fully saturated rings. The highest BCUT2D eigenvalue weighted by Crippen LogP contribution is 2.25. The highest BCUT2D eigenvalue weighted by molar-refractivity contribution is 7.89. The highest BCUT2D eigenvalue weighted by Gasteiger charge is 2.28. The van der Waals surface area contributed by atoms with Crippen LogP contribution in [0, 0.1) is 0 Å². The maximum atomic E-state index is 13.0. The number of ether oxygens (including phenoxy) is 1. The summed E-state index contributed by atoms with van der Waals surface area (Å²) in [6.45, 7) is 4.31. The van der Waals surface area contributed by atoms with Crippen molar-refractivity contribution in [2.24, 2.45) is 0 Å². The number of rotatable bonds is 8. The third-order valence-corrected chi connectivity index (χ3v) is 7.37. The molecule has 166 valence electrons. The van der Waals surface area contributed by atoms with Crippen LogP contribution in [0.25, 0.3) is 0 Å². The minimum Gasteiger partial charge on any atom is -0.452 e. The lowest BCUT2D eigenvalue weighted by atomic mass is 10.0. The number of esters is 1. The van der Waals surface area contributed by atoms with Gasteiger partial charge in [0, 0.05) is 19.1 Å². The molecule has 0 bridgehead atoms. The van der Waals surface area contributed by atoms with Gasteiger partial charge in [-0.05, 0) is 54.7 Å². The van der Waals surface area contributed by atoms with Crippen molar-refractivity contribution in [1.82, 2.24) is 9.62 Å². The average Bonchev–Trinajstić information content (AvgIpc) is 2.80. The Bertz CT molecular complexity index is 1030. The Morgan fingerprint density at radius 1 is 1.03 bits per heavy atom. The predicted molar refractivity (Wildman–Crippen MR) is 117 cm³/mol. The quantitative estimate of drug-likeness (QED) is 0.632. The molecule has 1 aliphatic rings. The van der Waals surface area contributed by atoms with Crippen LogP contribution in [0.4, 0.5) is 0 Å². The molecule has 2 aromatic carbocycles. The standard InChI is InChI=1S/C23H28N2O5S/c1-3-20(4-2)24-22(26)16-30-23(27)18-9-11-21(12-10-18)31(28,29)25-14-13-17-7-5-6-8-19(17)15-25/h5-12,20H,3-4,13-16H2,1-2H3,(H,24,26). The lowest BCUT2D eigenvalue weighted by Gasteiger charge is -2.28. The maximum absolute atomic E-state index is 13.0. The molecule has 0 atom stereocenters. The summed E-state index contributed by atoms with van der Waals surface area (Å²) in [5.74, 6) is -1.03. The SMILES string of the molecule is CCC(CC)NC(=O)COC(=O)c1ccc(S(=O)(=O)N2CCc3ccccc3C2)cc1. The average molecular weight is 445 g/mol. The molecule has 1 heterocycles. The smallest absolute Gasteiger partial charge is 0.338 e. The number of sulfonamides is 1. The molecular weight excluding hydrogens is 416 g/mol. The fraction of sp³-hybridized carbons (Fsp3) is 0.391. The molecule has 1 aliphatic heterocycles. The Kier molecular flexibility index (Phi) is 7.46. The summed E-state index contributed by atoms with van der Waals surface area (Å²) in [5, 5.41) is 2.79. The van der Waals surface area contributed by atoms with E-state index in [9.17, 15) is 18.0 Å². The van der Waals surface area contributed by atoms with Crippen LogP contribution in [0.5, 0.6) is 0 Å². The topological polar surface area (TPSA) is 92.8 Å². The number of fused-ring (bicyclic) bond motifs is 1. The van der Waals surface area contributed by atoms with Crippen LogP contribution in [0.2, 0.25) is 0 Å². The summed E-state index contributed by atoms with van der Waals surface area (Å²) in [6, 6.07) is 13.5. The first kappa shape index (κ1) is 23.0. The van der Waals surface area contributed by atoms with Crippen LogP contribution in [0.1, 0.15) is 48.2 Å². The highest BCUT2D eigenvalue weighted by atomic mass is 32.2. The van der Waals surface area contributed by atoms with E-state index in [0.717, 1.165) is 18.4 Å². The van der Waals surface area contributed by atoms with Gasteiger partial charge in [-0.2, -0.15) is 4.31 Å². The van der Waals surface area contributed by atoms with Crippen molar-refractivity contribution in [3.8, 4) is 0 Å². The fourth-order valence-corrected chi connectivity index (χ4v) is 4.98. The van der Waals surface area contributed by atoms with E-state index in [1.54, 1.807) is 0 Å². The molecule has 7 nitrogen and oxygen atoms in total. The molecule has 0 radical (unpaired) electrons. The summed E-state index contributed by atoms with van der Waals surface area (Å²) in [5.41, 5.74) is 2.36. The monoisotopic (exact) mass is 444 g/mol. The van der Waals surface area contributed by atoms with Crippen LogP contribution in [0.3, 0.4) is 0 Å². The van der Waals surface area contributed by atoms with Crippen LogP contribution < -0.4 is 5.32 Å². The van der Waals surface area contributed by atoms with Crippen LogP contribution in [0.15, 0.2) is 53.4 Å². The van der Waals surface area contributed by atoms with Gasteiger partial charge in [0.15, 0.2) is 6.61 Å². The Hall–Kier alpha value is -2.71. The number of nitrogens with one attached hydrogen (secondary N) is 1. The predicted octanol–water partition coefficient (Wildman–Crippen LogP) is 2.90. The second-order valence-corrected chi connectivity index (χ2v) is 9.48. The molecule has 3 rings (SSSR count). The van der Waals surface area contributed by atoms with Gasteiger partial charge in [0.2, 0.25) is 10.0 Å². The summed E-state index contributed by atoms with van der Waals surface area (Å²) in [7, 11) is -3.68. The van der Waals surface area contributed by atoms with Crippen molar-refractivity contribution in [3.63, 3.8) is 0 Å². The lowest BCUT2D eigenvalue weighted by Crippen LogP contribution is -2.36. The zero-order valence-corrected chi connectivity index (χ0v) is 18.7. The zero-order valence-electron chi connectivity index (χ0n) is 17.8. The summed E-state index contributed by atoms with van der Waals surface area (Å²) in [6.07, 6.45) is 2.27. The normalized spacial score (nSPS) is 14.2. The van der Waals surface area contributed by atoms with E-state index in [1.807, 2.05) is 38.1 Å². The number of carbonyl (C=O) groups is 2. The van der Waals surface area contributed by atoms with Gasteiger partial charge >= 0.3 is 5.97 Å². The van der Waals surface area contributed by atoms with Crippen LogP contribution >= 0.6 is 0 Å². The van der Waals surface area contributed by atoms with Gasteiger partial charge in [0.05, 0.1) is 10.5 Å². The van der Waals surface area contributed by atoms with Gasteiger partial charge in [-0.3, -0.25) is 4.79 Å². The first-order valence-electron chi connectivity index (χ1n) is 10.5. The van der Waals surface area contributed by atoms with E-state index in [1.165, 1.54) is 34.1 Å². The molecule has 0 unspecified atom stereocenters. The molecule has 0 saturated heterocycles. The van der Waals surface area contributed by atoms with Crippen molar-refractivity contribution in [2.45, 2.75) is 50.6 Å². The number of amides is 1. The summed E-state index contributed by atoms with van der Waals surface area (Å²) < 4.78 is 32.5. The molecule has 8 heteroatoms. The van der Waals surface area contributed by atoms with Crippen molar-refractivity contribution < 1.29 is 22.7 Å². The van der Waals surface area contributed by atoms with Crippen LogP contribution in [-0.2, 0) is 32.5 Å². The molecule has 2 aromatic rings. The fourth-order valence-electron chi connectivity index (χ4n) is 3.56. The molecule has 0 aliphatic carbocycles. The van der Waals surface area contributed by atoms with E-state index in [4.69, 9.17) is 4.74 Å². The van der Waals surface area contributed by atoms with E-state index in [0.29, 0.717) is 19.5 Å². The first-order valence-corrected chi connectivity index (χ1v) is 11.9. The van der Waals surface area contributed by atoms with Crippen molar-refractivity contribution in [1.29, 1.82) is 0 Å². The molecular formula is C23H28N2O5S. The largest absolute Gasteiger partial charge is 0.452 e. The van der Waals surface area contributed by atoms with Gasteiger partial charge in [-0.1, -0.05) is 38.1 Å². The molecule has 1 N–H and O–H groups in total. The van der Waals surface area contributed by atoms with E-state index in [2.05, 4.69) is 5.32 Å². The Morgan fingerprint density at radius 2 is 1.68 bits per heavy atom. The second-order valence-electron chi connectivity index (χ2n) is 7.54. The van der Waals surface area contributed by atoms with Crippen molar-refractivity contribution in [2.75, 3.05) is 13.2 Å². The summed E-state index contributed by atoms with van der Waals surface area (Å²) >= 11 is 0. The Balaban J connectivity index is 1.61. The number of carbonyl (C=O) groups excluding carboxylic acids is 2. The third-order valence-electron chi connectivity index (χ3n) is 5.51. The zero-order chi connectivity index (χ0) is 22.4. The molecule has 31 heavy (non-hydrogen) atoms. The van der Waals surface area contributed by atoms with E-state index >= 15 is 0 Å². The Morgan fingerprint density at radius 3 is 2.32 bits per heavy atom. The van der Waals surface area contributed by atoms with Crippen molar-refractivity contribution in [3.05, 3.63) is 65.2 Å². The van der Waals surface area contributed by atoms with E-state index < -0.39 is 16.0 Å². The number of hydrogen-bond donors (Lipinski definition) is 1. The number of hydrogen-bond acceptors (Lipinski definition) is 5. The van der Waals surface area contributed by atoms with Crippen LogP contribution in [-0.4, -0.2) is 43.8 Å². The number of nitrogens with zero attached hydrogens (tertiary/aromatic N) is 1. The van der Waals surface area contributed by atoms with Gasteiger partial charge in [0.1, 0.15) is 0 Å². The van der Waals surface area contributed by atoms with Gasteiger partial charge < -0.3 is 10.1 Å². The summed E-state index contributed by atoms with van der Waals surface area (Å²) in [4.78, 5) is 24.2. The van der Waals surface area contributed by atoms with E-state index in [-0.39, 0.29) is 29.0 Å². The maximum Gasteiger partial charge on any atom is 0.338 e. The molecule has 0 saturated carbocycles. The molecule has 0 spiro atoms. The third kappa shape index (κ3) is 5.51. The second kappa shape index (κ2) is 10.1.